The molecule has 0 aromatic heterocycles. The van der Waals surface area contributed by atoms with Crippen molar-refractivity contribution in [2.75, 3.05) is 26.2 Å². The fourth-order valence-corrected chi connectivity index (χ4v) is 2.59. The zero-order chi connectivity index (χ0) is 13.8. The molecular formula is C14H21Cl2FN2O. The Bertz CT molecular complexity index is 432. The lowest BCUT2D eigenvalue weighted by Crippen LogP contribution is -2.31. The van der Waals surface area contributed by atoms with Crippen molar-refractivity contribution in [3.63, 3.8) is 0 Å². The average Bonchev–Trinajstić information content (AvgIpc) is 2.81. The van der Waals surface area contributed by atoms with Crippen molar-refractivity contribution in [2.24, 2.45) is 11.7 Å². The second-order valence-corrected chi connectivity index (χ2v) is 5.54. The van der Waals surface area contributed by atoms with E-state index in [-0.39, 0.29) is 24.3 Å². The molecule has 0 radical (unpaired) electrons. The van der Waals surface area contributed by atoms with Gasteiger partial charge in [-0.25, -0.2) is 4.39 Å². The van der Waals surface area contributed by atoms with Crippen molar-refractivity contribution < 1.29 is 9.13 Å². The van der Waals surface area contributed by atoms with Gasteiger partial charge in [0, 0.05) is 19.1 Å². The summed E-state index contributed by atoms with van der Waals surface area (Å²) < 4.78 is 18.5. The standard InChI is InChI=1S/C14H20ClFN2O.ClH/c1-10(17)11-4-5-18(9-11)6-7-19-14-3-2-12(16)8-13(14)15;/h2-3,8,10-11H,4-7,9,17H2,1H3;1H. The van der Waals surface area contributed by atoms with Gasteiger partial charge in [0.15, 0.2) is 0 Å². The molecule has 1 aromatic rings. The van der Waals surface area contributed by atoms with Gasteiger partial charge in [0.2, 0.25) is 0 Å². The minimum atomic E-state index is -0.350. The summed E-state index contributed by atoms with van der Waals surface area (Å²) in [6.07, 6.45) is 1.15. The molecule has 114 valence electrons. The lowest BCUT2D eigenvalue weighted by atomic mass is 10.0. The summed E-state index contributed by atoms with van der Waals surface area (Å²) in [6.45, 7) is 5.54. The Hall–Kier alpha value is -0.550. The molecule has 0 bridgehead atoms. The van der Waals surface area contributed by atoms with E-state index in [9.17, 15) is 4.39 Å². The number of hydrogen-bond acceptors (Lipinski definition) is 3. The highest BCUT2D eigenvalue weighted by Gasteiger charge is 2.24. The number of ether oxygens (including phenoxy) is 1. The molecule has 0 saturated carbocycles. The third kappa shape index (κ3) is 4.77. The average molecular weight is 323 g/mol. The lowest BCUT2D eigenvalue weighted by Gasteiger charge is -2.18. The summed E-state index contributed by atoms with van der Waals surface area (Å²) >= 11 is 5.89. The van der Waals surface area contributed by atoms with Crippen LogP contribution in [0.25, 0.3) is 0 Å². The Labute approximate surface area is 130 Å². The van der Waals surface area contributed by atoms with Gasteiger partial charge in [-0.05, 0) is 44.0 Å². The molecule has 0 aliphatic carbocycles. The summed E-state index contributed by atoms with van der Waals surface area (Å²) in [7, 11) is 0. The maximum absolute atomic E-state index is 12.9. The van der Waals surface area contributed by atoms with Crippen molar-refractivity contribution in [2.45, 2.75) is 19.4 Å². The minimum absolute atomic E-state index is 0. The van der Waals surface area contributed by atoms with Crippen LogP contribution in [0.1, 0.15) is 13.3 Å². The maximum Gasteiger partial charge on any atom is 0.138 e. The van der Waals surface area contributed by atoms with Gasteiger partial charge >= 0.3 is 0 Å². The first-order valence-corrected chi connectivity index (χ1v) is 7.00. The largest absolute Gasteiger partial charge is 0.491 e. The van der Waals surface area contributed by atoms with Crippen molar-refractivity contribution >= 4 is 24.0 Å². The van der Waals surface area contributed by atoms with Crippen molar-refractivity contribution in [3.05, 3.63) is 29.0 Å². The summed E-state index contributed by atoms with van der Waals surface area (Å²) in [5, 5.41) is 0.315. The Morgan fingerprint density at radius 2 is 2.30 bits per heavy atom. The number of rotatable bonds is 5. The fraction of sp³-hybridized carbons (Fsp3) is 0.571. The van der Waals surface area contributed by atoms with E-state index in [2.05, 4.69) is 11.8 Å². The first-order valence-electron chi connectivity index (χ1n) is 6.62. The Morgan fingerprint density at radius 1 is 1.55 bits per heavy atom. The number of halogens is 3. The van der Waals surface area contributed by atoms with Gasteiger partial charge < -0.3 is 10.5 Å². The van der Waals surface area contributed by atoms with Crippen LogP contribution in [0.4, 0.5) is 4.39 Å². The van der Waals surface area contributed by atoms with Gasteiger partial charge in [-0.3, -0.25) is 4.90 Å². The van der Waals surface area contributed by atoms with E-state index < -0.39 is 0 Å². The van der Waals surface area contributed by atoms with E-state index >= 15 is 0 Å². The smallest absolute Gasteiger partial charge is 0.138 e. The van der Waals surface area contributed by atoms with E-state index in [0.29, 0.717) is 23.3 Å². The zero-order valence-electron chi connectivity index (χ0n) is 11.5. The number of hydrogen-bond donors (Lipinski definition) is 1. The molecule has 6 heteroatoms. The fourth-order valence-electron chi connectivity index (χ4n) is 2.37. The highest BCUT2D eigenvalue weighted by Crippen LogP contribution is 2.25. The number of likely N-dealkylation sites (tertiary alicyclic amines) is 1. The van der Waals surface area contributed by atoms with Crippen LogP contribution in [-0.4, -0.2) is 37.2 Å². The number of benzene rings is 1. The molecule has 0 amide bonds. The summed E-state index contributed by atoms with van der Waals surface area (Å²) in [5.74, 6) is 0.761. The molecule has 2 unspecified atom stereocenters. The van der Waals surface area contributed by atoms with Crippen LogP contribution in [0.5, 0.6) is 5.75 Å². The van der Waals surface area contributed by atoms with Gasteiger partial charge in [-0.1, -0.05) is 11.6 Å². The van der Waals surface area contributed by atoms with Gasteiger partial charge in [0.05, 0.1) is 5.02 Å². The quantitative estimate of drug-likeness (QED) is 0.905. The van der Waals surface area contributed by atoms with E-state index in [4.69, 9.17) is 22.1 Å². The van der Waals surface area contributed by atoms with E-state index in [1.165, 1.54) is 12.1 Å². The van der Waals surface area contributed by atoms with E-state index in [1.807, 2.05) is 0 Å². The first kappa shape index (κ1) is 17.5. The zero-order valence-corrected chi connectivity index (χ0v) is 13.1. The predicted octanol–water partition coefficient (Wildman–Crippen LogP) is 2.95. The van der Waals surface area contributed by atoms with Crippen LogP contribution < -0.4 is 10.5 Å². The third-order valence-corrected chi connectivity index (χ3v) is 3.91. The third-order valence-electron chi connectivity index (χ3n) is 3.61. The van der Waals surface area contributed by atoms with Crippen molar-refractivity contribution in [1.82, 2.24) is 4.90 Å². The highest BCUT2D eigenvalue weighted by molar-refractivity contribution is 6.32. The lowest BCUT2D eigenvalue weighted by molar-refractivity contribution is 0.230. The SMILES string of the molecule is CC(N)C1CCN(CCOc2ccc(F)cc2Cl)C1.Cl. The molecule has 1 saturated heterocycles. The second kappa shape index (κ2) is 8.03. The molecular weight excluding hydrogens is 302 g/mol. The van der Waals surface area contributed by atoms with Crippen LogP contribution in [0.2, 0.25) is 5.02 Å². The van der Waals surface area contributed by atoms with E-state index in [0.717, 1.165) is 26.1 Å². The van der Waals surface area contributed by atoms with Crippen LogP contribution in [0.15, 0.2) is 18.2 Å². The predicted molar refractivity (Wildman–Crippen MR) is 82.3 cm³/mol. The van der Waals surface area contributed by atoms with Crippen LogP contribution in [0, 0.1) is 11.7 Å². The van der Waals surface area contributed by atoms with Crippen LogP contribution in [-0.2, 0) is 0 Å². The topological polar surface area (TPSA) is 38.5 Å². The van der Waals surface area contributed by atoms with Crippen LogP contribution in [0.3, 0.4) is 0 Å². The molecule has 1 heterocycles. The first-order chi connectivity index (χ1) is 9.06. The summed E-state index contributed by atoms with van der Waals surface area (Å²) in [4.78, 5) is 2.34. The van der Waals surface area contributed by atoms with Gasteiger partial charge in [-0.15, -0.1) is 12.4 Å². The number of nitrogens with zero attached hydrogens (tertiary/aromatic N) is 1. The molecule has 2 atom stereocenters. The van der Waals surface area contributed by atoms with Crippen molar-refractivity contribution in [1.29, 1.82) is 0 Å². The Balaban J connectivity index is 0.00000200. The van der Waals surface area contributed by atoms with Crippen LogP contribution >= 0.6 is 24.0 Å². The monoisotopic (exact) mass is 322 g/mol. The Morgan fingerprint density at radius 3 is 2.90 bits per heavy atom. The van der Waals surface area contributed by atoms with Gasteiger partial charge in [-0.2, -0.15) is 0 Å². The maximum atomic E-state index is 12.9. The molecule has 2 N–H and O–H groups in total. The van der Waals surface area contributed by atoms with Gasteiger partial charge in [0.1, 0.15) is 18.2 Å². The molecule has 1 aromatic carbocycles. The molecule has 3 nitrogen and oxygen atoms in total. The summed E-state index contributed by atoms with van der Waals surface area (Å²) in [5.41, 5.74) is 5.90. The molecule has 1 aliphatic heterocycles. The molecule has 1 fully saturated rings. The molecule has 2 rings (SSSR count). The second-order valence-electron chi connectivity index (χ2n) is 5.13. The molecule has 20 heavy (non-hydrogen) atoms. The number of nitrogens with two attached hydrogens (primary N) is 1. The van der Waals surface area contributed by atoms with Gasteiger partial charge in [0.25, 0.3) is 0 Å². The molecule has 0 spiro atoms. The normalized spacial score (nSPS) is 20.5. The van der Waals surface area contributed by atoms with E-state index in [1.54, 1.807) is 6.07 Å². The molecule has 1 aliphatic rings. The summed E-state index contributed by atoms with van der Waals surface area (Å²) in [6, 6.07) is 4.42. The van der Waals surface area contributed by atoms with Crippen molar-refractivity contribution in [3.8, 4) is 5.75 Å². The minimum Gasteiger partial charge on any atom is -0.491 e. The highest BCUT2D eigenvalue weighted by atomic mass is 35.5. The Kier molecular flexibility index (Phi) is 7.03.